The summed E-state index contributed by atoms with van der Waals surface area (Å²) in [5.41, 5.74) is 0.223. The topological polar surface area (TPSA) is 91.5 Å². The Morgan fingerprint density at radius 1 is 1.14 bits per heavy atom. The van der Waals surface area contributed by atoms with Crippen LogP contribution in [0, 0.1) is 0 Å². The molecule has 2 aromatic heterocycles. The number of rotatable bonds is 5. The molecule has 0 aliphatic heterocycles. The smallest absolute Gasteiger partial charge is 0.416 e. The van der Waals surface area contributed by atoms with Crippen molar-refractivity contribution in [3.63, 3.8) is 0 Å². The van der Waals surface area contributed by atoms with Crippen LogP contribution in [0.5, 0.6) is 0 Å². The van der Waals surface area contributed by atoms with E-state index in [0.717, 1.165) is 12.1 Å². The Hall–Kier alpha value is -3.40. The van der Waals surface area contributed by atoms with E-state index in [2.05, 4.69) is 15.3 Å². The number of hydrogen-bond donors (Lipinski definition) is 2. The summed E-state index contributed by atoms with van der Waals surface area (Å²) in [5.74, 6) is -0.343. The quantitative estimate of drug-likeness (QED) is 0.496. The molecule has 0 saturated heterocycles. The second kappa shape index (κ2) is 7.69. The van der Waals surface area contributed by atoms with Gasteiger partial charge in [0.25, 0.3) is 11.9 Å². The lowest BCUT2D eigenvalue weighted by Gasteiger charge is -2.11. The van der Waals surface area contributed by atoms with Crippen LogP contribution < -0.4 is 5.32 Å². The number of nitrogens with zero attached hydrogens (tertiary/aromatic N) is 3. The average molecular weight is 392 g/mol. The van der Waals surface area contributed by atoms with Gasteiger partial charge >= 0.3 is 6.18 Å². The molecule has 0 unspecified atom stereocenters. The molecule has 3 aromatic rings. The lowest BCUT2D eigenvalue weighted by Crippen LogP contribution is -2.27. The maximum atomic E-state index is 12.6. The summed E-state index contributed by atoms with van der Waals surface area (Å²) in [6.45, 7) is 1.74. The molecule has 1 amide bonds. The number of halogens is 3. The number of carbonyl (C=O) groups is 1. The zero-order chi connectivity index (χ0) is 20.3. The van der Waals surface area contributed by atoms with Crippen LogP contribution in [-0.4, -0.2) is 32.7 Å². The van der Waals surface area contributed by atoms with E-state index in [9.17, 15) is 23.2 Å². The molecule has 0 spiro atoms. The number of hydroxylamine groups is 2. The summed E-state index contributed by atoms with van der Waals surface area (Å²) in [6.07, 6.45) is -1.67. The second-order valence-electron chi connectivity index (χ2n) is 5.68. The van der Waals surface area contributed by atoms with Crippen LogP contribution in [0.2, 0.25) is 0 Å². The number of amides is 1. The van der Waals surface area contributed by atoms with Gasteiger partial charge in [-0.15, -0.1) is 0 Å². The predicted molar refractivity (Wildman–Crippen MR) is 93.0 cm³/mol. The van der Waals surface area contributed by atoms with Crippen molar-refractivity contribution in [2.24, 2.45) is 0 Å². The minimum atomic E-state index is -4.41. The van der Waals surface area contributed by atoms with Crippen molar-refractivity contribution >= 4 is 17.6 Å². The number of aromatic nitrogens is 2. The Morgan fingerprint density at radius 2 is 1.86 bits per heavy atom. The molecule has 0 radical (unpaired) electrons. The lowest BCUT2D eigenvalue weighted by molar-refractivity contribution is -0.137. The van der Waals surface area contributed by atoms with E-state index in [-0.39, 0.29) is 24.0 Å². The first kappa shape index (κ1) is 19.4. The van der Waals surface area contributed by atoms with E-state index in [1.54, 1.807) is 13.0 Å². The number of oxazole rings is 1. The van der Waals surface area contributed by atoms with Crippen molar-refractivity contribution < 1.29 is 27.6 Å². The molecule has 7 nitrogen and oxygen atoms in total. The fourth-order valence-electron chi connectivity index (χ4n) is 2.28. The van der Waals surface area contributed by atoms with Crippen LogP contribution in [0.3, 0.4) is 0 Å². The molecule has 0 fully saturated rings. The SMILES string of the molecule is CCN(O)C(=O)c1ccc(Nc2ncc(-c3ccc(C(F)(F)F)cc3)o2)cn1. The van der Waals surface area contributed by atoms with Crippen molar-refractivity contribution in [2.45, 2.75) is 13.1 Å². The number of pyridine rings is 1. The number of hydrogen-bond acceptors (Lipinski definition) is 6. The predicted octanol–water partition coefficient (Wildman–Crippen LogP) is 4.35. The van der Waals surface area contributed by atoms with E-state index in [4.69, 9.17) is 4.42 Å². The second-order valence-corrected chi connectivity index (χ2v) is 5.68. The standard InChI is InChI=1S/C18H15F3N4O3/c1-2-25(27)16(26)14-8-7-13(9-22-14)24-17-23-10-15(28-17)11-3-5-12(6-4-11)18(19,20)21/h3-10,27H,2H2,1H3,(H,23,24). The third-order valence-corrected chi connectivity index (χ3v) is 3.77. The van der Waals surface area contributed by atoms with E-state index in [1.807, 2.05) is 0 Å². The monoisotopic (exact) mass is 392 g/mol. The maximum Gasteiger partial charge on any atom is 0.416 e. The zero-order valence-corrected chi connectivity index (χ0v) is 14.6. The van der Waals surface area contributed by atoms with E-state index in [0.29, 0.717) is 16.3 Å². The van der Waals surface area contributed by atoms with Crippen LogP contribution in [0.15, 0.2) is 53.2 Å². The van der Waals surface area contributed by atoms with Crippen molar-refractivity contribution in [3.05, 3.63) is 60.0 Å². The van der Waals surface area contributed by atoms with E-state index < -0.39 is 17.6 Å². The van der Waals surface area contributed by atoms with Gasteiger partial charge in [0.05, 0.1) is 23.6 Å². The van der Waals surface area contributed by atoms with Gasteiger partial charge in [-0.3, -0.25) is 10.0 Å². The molecular weight excluding hydrogens is 377 g/mol. The highest BCUT2D eigenvalue weighted by molar-refractivity contribution is 5.91. The van der Waals surface area contributed by atoms with E-state index >= 15 is 0 Å². The van der Waals surface area contributed by atoms with Gasteiger partial charge in [-0.05, 0) is 31.2 Å². The van der Waals surface area contributed by atoms with Crippen molar-refractivity contribution in [1.29, 1.82) is 0 Å². The molecule has 0 saturated carbocycles. The van der Waals surface area contributed by atoms with Crippen LogP contribution in [0.25, 0.3) is 11.3 Å². The van der Waals surface area contributed by atoms with Gasteiger partial charge in [0.2, 0.25) is 0 Å². The van der Waals surface area contributed by atoms with Gasteiger partial charge in [0.15, 0.2) is 5.76 Å². The normalized spacial score (nSPS) is 11.3. The Balaban J connectivity index is 1.70. The Kier molecular flexibility index (Phi) is 5.32. The summed E-state index contributed by atoms with van der Waals surface area (Å²) < 4.78 is 43.4. The number of carbonyl (C=O) groups excluding carboxylic acids is 1. The first-order chi connectivity index (χ1) is 13.3. The molecule has 0 aliphatic carbocycles. The van der Waals surface area contributed by atoms with Gasteiger partial charge in [0.1, 0.15) is 5.69 Å². The highest BCUT2D eigenvalue weighted by atomic mass is 19.4. The average Bonchev–Trinajstić information content (AvgIpc) is 3.15. The van der Waals surface area contributed by atoms with Gasteiger partial charge in [-0.2, -0.15) is 13.2 Å². The largest absolute Gasteiger partial charge is 0.423 e. The first-order valence-electron chi connectivity index (χ1n) is 8.15. The van der Waals surface area contributed by atoms with Gasteiger partial charge in [-0.25, -0.2) is 15.0 Å². The molecule has 2 heterocycles. The third kappa shape index (κ3) is 4.29. The number of nitrogens with one attached hydrogen (secondary N) is 1. The molecule has 0 aliphatic rings. The molecular formula is C18H15F3N4O3. The third-order valence-electron chi connectivity index (χ3n) is 3.77. The van der Waals surface area contributed by atoms with Crippen LogP contribution >= 0.6 is 0 Å². The molecule has 146 valence electrons. The first-order valence-corrected chi connectivity index (χ1v) is 8.15. The molecule has 2 N–H and O–H groups in total. The highest BCUT2D eigenvalue weighted by Gasteiger charge is 2.30. The number of alkyl halides is 3. The molecule has 1 aromatic carbocycles. The molecule has 3 rings (SSSR count). The fourth-order valence-corrected chi connectivity index (χ4v) is 2.28. The van der Waals surface area contributed by atoms with Gasteiger partial charge in [0, 0.05) is 12.1 Å². The lowest BCUT2D eigenvalue weighted by atomic mass is 10.1. The fraction of sp³-hybridized carbons (Fsp3) is 0.167. The Bertz CT molecular complexity index is 953. The van der Waals surface area contributed by atoms with Crippen molar-refractivity contribution in [1.82, 2.24) is 15.0 Å². The summed E-state index contributed by atoms with van der Waals surface area (Å²) in [5, 5.41) is 12.8. The van der Waals surface area contributed by atoms with Gasteiger partial charge in [-0.1, -0.05) is 12.1 Å². The summed E-state index contributed by atoms with van der Waals surface area (Å²) in [6, 6.07) is 7.59. The maximum absolute atomic E-state index is 12.6. The Morgan fingerprint density at radius 3 is 2.43 bits per heavy atom. The number of anilines is 2. The van der Waals surface area contributed by atoms with E-state index in [1.165, 1.54) is 30.6 Å². The summed E-state index contributed by atoms with van der Waals surface area (Å²) >= 11 is 0. The molecule has 28 heavy (non-hydrogen) atoms. The van der Waals surface area contributed by atoms with Crippen LogP contribution in [0.1, 0.15) is 23.0 Å². The summed E-state index contributed by atoms with van der Waals surface area (Å²) in [7, 11) is 0. The minimum Gasteiger partial charge on any atom is -0.423 e. The molecule has 10 heteroatoms. The van der Waals surface area contributed by atoms with Crippen LogP contribution in [0.4, 0.5) is 24.9 Å². The molecule has 0 atom stereocenters. The van der Waals surface area contributed by atoms with Gasteiger partial charge < -0.3 is 9.73 Å². The van der Waals surface area contributed by atoms with Crippen LogP contribution in [-0.2, 0) is 6.18 Å². The van der Waals surface area contributed by atoms with Crippen molar-refractivity contribution in [3.8, 4) is 11.3 Å². The highest BCUT2D eigenvalue weighted by Crippen LogP contribution is 2.31. The zero-order valence-electron chi connectivity index (χ0n) is 14.6. The Labute approximate surface area is 157 Å². The minimum absolute atomic E-state index is 0.0627. The molecule has 0 bridgehead atoms. The van der Waals surface area contributed by atoms with Crippen molar-refractivity contribution in [2.75, 3.05) is 11.9 Å². The number of benzene rings is 1. The summed E-state index contributed by atoms with van der Waals surface area (Å²) in [4.78, 5) is 19.8.